The summed E-state index contributed by atoms with van der Waals surface area (Å²) in [5.74, 6) is 2.46. The fraction of sp³-hybridized carbons (Fsp3) is 0.348. The lowest BCUT2D eigenvalue weighted by Crippen LogP contribution is -2.46. The standard InChI is InChI=1S/C23H27N3O2/c1-4-16-5-7-17(8-6-16)20-15-26(12-11-24-20)23-19-14-22(28-3)21(27-2)13-18(19)9-10-25-23/h5-10,13-14,20,24H,4,11-12,15H2,1-3H3. The highest BCUT2D eigenvalue weighted by molar-refractivity contribution is 5.94. The van der Waals surface area contributed by atoms with Crippen LogP contribution in [-0.4, -0.2) is 38.8 Å². The average molecular weight is 377 g/mol. The summed E-state index contributed by atoms with van der Waals surface area (Å²) in [6.45, 7) is 4.91. The molecule has 1 atom stereocenters. The first-order chi connectivity index (χ1) is 13.7. The van der Waals surface area contributed by atoms with Crippen molar-refractivity contribution in [3.05, 3.63) is 59.8 Å². The molecule has 1 aliphatic rings. The summed E-state index contributed by atoms with van der Waals surface area (Å²) in [7, 11) is 3.33. The second kappa shape index (κ2) is 8.07. The zero-order valence-electron chi connectivity index (χ0n) is 16.7. The van der Waals surface area contributed by atoms with Gasteiger partial charge in [-0.25, -0.2) is 4.98 Å². The summed E-state index contributed by atoms with van der Waals surface area (Å²) in [6.07, 6.45) is 2.94. The first kappa shape index (κ1) is 18.6. The Balaban J connectivity index is 1.66. The molecule has 2 heterocycles. The van der Waals surface area contributed by atoms with Crippen molar-refractivity contribution in [2.45, 2.75) is 19.4 Å². The summed E-state index contributed by atoms with van der Waals surface area (Å²) in [5.41, 5.74) is 2.69. The molecule has 0 radical (unpaired) electrons. The number of piperazine rings is 1. The van der Waals surface area contributed by atoms with E-state index in [0.29, 0.717) is 0 Å². The van der Waals surface area contributed by atoms with Crippen molar-refractivity contribution in [3.8, 4) is 11.5 Å². The molecule has 1 aromatic heterocycles. The van der Waals surface area contributed by atoms with Gasteiger partial charge in [-0.1, -0.05) is 31.2 Å². The lowest BCUT2D eigenvalue weighted by atomic mass is 10.0. The minimum atomic E-state index is 0.289. The van der Waals surface area contributed by atoms with Crippen LogP contribution >= 0.6 is 0 Å². The molecule has 1 fully saturated rings. The summed E-state index contributed by atoms with van der Waals surface area (Å²) in [5, 5.41) is 5.83. The van der Waals surface area contributed by atoms with Crippen LogP contribution in [0.4, 0.5) is 5.82 Å². The van der Waals surface area contributed by atoms with E-state index < -0.39 is 0 Å². The monoisotopic (exact) mass is 377 g/mol. The van der Waals surface area contributed by atoms with E-state index in [2.05, 4.69) is 41.4 Å². The molecule has 2 aromatic carbocycles. The third kappa shape index (κ3) is 3.50. The number of aryl methyl sites for hydroxylation is 1. The van der Waals surface area contributed by atoms with Crippen molar-refractivity contribution in [3.63, 3.8) is 0 Å². The number of pyridine rings is 1. The highest BCUT2D eigenvalue weighted by Gasteiger charge is 2.23. The maximum atomic E-state index is 5.52. The second-order valence-corrected chi connectivity index (χ2v) is 7.11. The molecule has 1 saturated heterocycles. The molecule has 1 unspecified atom stereocenters. The molecule has 146 valence electrons. The van der Waals surface area contributed by atoms with Crippen molar-refractivity contribution in [2.75, 3.05) is 38.8 Å². The van der Waals surface area contributed by atoms with Gasteiger partial charge in [0.1, 0.15) is 5.82 Å². The number of benzene rings is 2. The Hall–Kier alpha value is -2.79. The number of hydrogen-bond donors (Lipinski definition) is 1. The number of ether oxygens (including phenoxy) is 2. The van der Waals surface area contributed by atoms with Gasteiger partial charge in [-0.3, -0.25) is 0 Å². The van der Waals surface area contributed by atoms with E-state index in [9.17, 15) is 0 Å². The number of nitrogens with one attached hydrogen (secondary N) is 1. The van der Waals surface area contributed by atoms with Gasteiger partial charge >= 0.3 is 0 Å². The quantitative estimate of drug-likeness (QED) is 0.729. The molecule has 5 heteroatoms. The molecule has 3 aromatic rings. The van der Waals surface area contributed by atoms with Crippen LogP contribution in [0.1, 0.15) is 24.1 Å². The average Bonchev–Trinajstić information content (AvgIpc) is 2.77. The molecule has 4 rings (SSSR count). The fourth-order valence-corrected chi connectivity index (χ4v) is 3.89. The van der Waals surface area contributed by atoms with E-state index in [1.54, 1.807) is 14.2 Å². The normalized spacial score (nSPS) is 17.0. The number of rotatable bonds is 5. The van der Waals surface area contributed by atoms with E-state index in [1.165, 1.54) is 11.1 Å². The van der Waals surface area contributed by atoms with Gasteiger partial charge in [-0.2, -0.15) is 0 Å². The van der Waals surface area contributed by atoms with Crippen LogP contribution in [0.3, 0.4) is 0 Å². The minimum absolute atomic E-state index is 0.289. The summed E-state index contributed by atoms with van der Waals surface area (Å²) in [4.78, 5) is 7.08. The van der Waals surface area contributed by atoms with Gasteiger partial charge in [0, 0.05) is 37.3 Å². The van der Waals surface area contributed by atoms with Gasteiger partial charge in [0.25, 0.3) is 0 Å². The molecule has 1 aliphatic heterocycles. The van der Waals surface area contributed by atoms with Crippen LogP contribution in [-0.2, 0) is 6.42 Å². The van der Waals surface area contributed by atoms with Crippen LogP contribution in [0, 0.1) is 0 Å². The van der Waals surface area contributed by atoms with Crippen molar-refractivity contribution >= 4 is 16.6 Å². The molecular weight excluding hydrogens is 350 g/mol. The molecule has 5 nitrogen and oxygen atoms in total. The fourth-order valence-electron chi connectivity index (χ4n) is 3.89. The predicted octanol–water partition coefficient (Wildman–Crippen LogP) is 3.97. The van der Waals surface area contributed by atoms with E-state index in [0.717, 1.165) is 54.1 Å². The van der Waals surface area contributed by atoms with Gasteiger partial charge in [0.05, 0.1) is 14.2 Å². The van der Waals surface area contributed by atoms with Gasteiger partial charge < -0.3 is 19.7 Å². The van der Waals surface area contributed by atoms with Crippen LogP contribution in [0.25, 0.3) is 10.8 Å². The van der Waals surface area contributed by atoms with Gasteiger partial charge in [-0.05, 0) is 41.1 Å². The zero-order chi connectivity index (χ0) is 19.5. The van der Waals surface area contributed by atoms with Crippen molar-refractivity contribution in [1.82, 2.24) is 10.3 Å². The van der Waals surface area contributed by atoms with Gasteiger partial charge in [0.15, 0.2) is 11.5 Å². The molecule has 0 aliphatic carbocycles. The lowest BCUT2D eigenvalue weighted by molar-refractivity contribution is 0.356. The first-order valence-electron chi connectivity index (χ1n) is 9.81. The third-order valence-corrected chi connectivity index (χ3v) is 5.51. The van der Waals surface area contributed by atoms with Crippen LogP contribution < -0.4 is 19.7 Å². The predicted molar refractivity (Wildman–Crippen MR) is 114 cm³/mol. The summed E-state index contributed by atoms with van der Waals surface area (Å²) < 4.78 is 11.0. The molecule has 0 amide bonds. The Morgan fingerprint density at radius 3 is 2.54 bits per heavy atom. The molecule has 0 spiro atoms. The lowest BCUT2D eigenvalue weighted by Gasteiger charge is -2.35. The third-order valence-electron chi connectivity index (χ3n) is 5.51. The van der Waals surface area contributed by atoms with Crippen LogP contribution in [0.15, 0.2) is 48.7 Å². The first-order valence-corrected chi connectivity index (χ1v) is 9.81. The number of hydrogen-bond acceptors (Lipinski definition) is 5. The highest BCUT2D eigenvalue weighted by atomic mass is 16.5. The highest BCUT2D eigenvalue weighted by Crippen LogP contribution is 2.36. The Bertz CT molecular complexity index is 956. The van der Waals surface area contributed by atoms with Gasteiger partial charge in [-0.15, -0.1) is 0 Å². The number of fused-ring (bicyclic) bond motifs is 1. The molecule has 0 saturated carbocycles. The van der Waals surface area contributed by atoms with Crippen molar-refractivity contribution in [2.24, 2.45) is 0 Å². The Labute approximate surface area is 166 Å². The van der Waals surface area contributed by atoms with Crippen molar-refractivity contribution in [1.29, 1.82) is 0 Å². The Kier molecular flexibility index (Phi) is 5.35. The molecular formula is C23H27N3O2. The van der Waals surface area contributed by atoms with Crippen LogP contribution in [0.5, 0.6) is 11.5 Å². The minimum Gasteiger partial charge on any atom is -0.493 e. The van der Waals surface area contributed by atoms with E-state index in [4.69, 9.17) is 14.5 Å². The number of nitrogens with zero attached hydrogens (tertiary/aromatic N) is 2. The van der Waals surface area contributed by atoms with Gasteiger partial charge in [0.2, 0.25) is 0 Å². The smallest absolute Gasteiger partial charge is 0.161 e. The Morgan fingerprint density at radius 2 is 1.82 bits per heavy atom. The van der Waals surface area contributed by atoms with Crippen LogP contribution in [0.2, 0.25) is 0 Å². The molecule has 28 heavy (non-hydrogen) atoms. The summed E-state index contributed by atoms with van der Waals surface area (Å²) >= 11 is 0. The summed E-state index contributed by atoms with van der Waals surface area (Å²) in [6, 6.07) is 15.3. The zero-order valence-corrected chi connectivity index (χ0v) is 16.7. The molecule has 0 bridgehead atoms. The van der Waals surface area contributed by atoms with E-state index in [1.807, 2.05) is 24.4 Å². The van der Waals surface area contributed by atoms with E-state index >= 15 is 0 Å². The second-order valence-electron chi connectivity index (χ2n) is 7.11. The van der Waals surface area contributed by atoms with Crippen molar-refractivity contribution < 1.29 is 9.47 Å². The molecule has 1 N–H and O–H groups in total. The largest absolute Gasteiger partial charge is 0.493 e. The maximum absolute atomic E-state index is 5.52. The number of aromatic nitrogens is 1. The SMILES string of the molecule is CCc1ccc(C2CN(c3nccc4cc(OC)c(OC)cc34)CCN2)cc1. The number of methoxy groups -OCH3 is 2. The Morgan fingerprint density at radius 1 is 1.07 bits per heavy atom. The number of anilines is 1. The maximum Gasteiger partial charge on any atom is 0.161 e. The topological polar surface area (TPSA) is 46.6 Å². The van der Waals surface area contributed by atoms with E-state index in [-0.39, 0.29) is 6.04 Å².